The summed E-state index contributed by atoms with van der Waals surface area (Å²) in [6.45, 7) is 5.98. The van der Waals surface area contributed by atoms with E-state index in [9.17, 15) is 9.59 Å². The Balaban J connectivity index is 1.95. The summed E-state index contributed by atoms with van der Waals surface area (Å²) in [6.07, 6.45) is 0.549. The standard InChI is InChI=1S/C17H23N3O3S/c1-10(2)8-13(16(22)23-4)18-14(21)9-24-17-19-12-7-5-6-11(3)15(12)20-17/h5-7,10,13H,8-9H2,1-4H3,(H,18,21)(H,19,20). The lowest BCUT2D eigenvalue weighted by atomic mass is 10.0. The Hall–Kier alpha value is -2.02. The lowest BCUT2D eigenvalue weighted by molar-refractivity contribution is -0.145. The van der Waals surface area contributed by atoms with Gasteiger partial charge in [-0.2, -0.15) is 0 Å². The number of nitrogens with one attached hydrogen (secondary N) is 2. The number of imidazole rings is 1. The van der Waals surface area contributed by atoms with E-state index in [1.54, 1.807) is 0 Å². The Morgan fingerprint density at radius 3 is 2.75 bits per heavy atom. The van der Waals surface area contributed by atoms with Crippen LogP contribution in [0.15, 0.2) is 23.4 Å². The van der Waals surface area contributed by atoms with Gasteiger partial charge in [0.15, 0.2) is 5.16 Å². The summed E-state index contributed by atoms with van der Waals surface area (Å²) in [5.74, 6) is -0.167. The molecule has 130 valence electrons. The zero-order chi connectivity index (χ0) is 17.7. The first kappa shape index (κ1) is 18.3. The molecule has 0 aliphatic carbocycles. The summed E-state index contributed by atoms with van der Waals surface area (Å²) in [4.78, 5) is 31.6. The number of carbonyl (C=O) groups is 2. The quantitative estimate of drug-likeness (QED) is 0.593. The molecule has 2 N–H and O–H groups in total. The van der Waals surface area contributed by atoms with Gasteiger partial charge in [-0.3, -0.25) is 4.79 Å². The van der Waals surface area contributed by atoms with Crippen LogP contribution in [-0.2, 0) is 14.3 Å². The van der Waals surface area contributed by atoms with Crippen LogP contribution >= 0.6 is 11.8 Å². The van der Waals surface area contributed by atoms with E-state index < -0.39 is 12.0 Å². The molecule has 1 amide bonds. The number of thioether (sulfide) groups is 1. The number of benzene rings is 1. The molecular weight excluding hydrogens is 326 g/mol. The second-order valence-corrected chi connectivity index (χ2v) is 7.04. The van der Waals surface area contributed by atoms with Gasteiger partial charge in [0.2, 0.25) is 5.91 Å². The van der Waals surface area contributed by atoms with Gasteiger partial charge in [0, 0.05) is 0 Å². The van der Waals surface area contributed by atoms with Crippen LogP contribution in [0.5, 0.6) is 0 Å². The highest BCUT2D eigenvalue weighted by atomic mass is 32.2. The number of para-hydroxylation sites is 1. The summed E-state index contributed by atoms with van der Waals surface area (Å²) < 4.78 is 4.75. The highest BCUT2D eigenvalue weighted by molar-refractivity contribution is 7.99. The lowest BCUT2D eigenvalue weighted by Crippen LogP contribution is -2.43. The number of carbonyl (C=O) groups excluding carboxylic acids is 2. The number of fused-ring (bicyclic) bond motifs is 1. The van der Waals surface area contributed by atoms with Crippen LogP contribution in [0.4, 0.5) is 0 Å². The van der Waals surface area contributed by atoms with Crippen LogP contribution in [0.2, 0.25) is 0 Å². The van der Waals surface area contributed by atoms with Crippen molar-refractivity contribution in [2.45, 2.75) is 38.4 Å². The fourth-order valence-electron chi connectivity index (χ4n) is 2.42. The molecular formula is C17H23N3O3S. The third-order valence-electron chi connectivity index (χ3n) is 3.56. The molecule has 0 radical (unpaired) electrons. The Morgan fingerprint density at radius 2 is 2.12 bits per heavy atom. The van der Waals surface area contributed by atoms with Crippen LogP contribution in [0.3, 0.4) is 0 Å². The van der Waals surface area contributed by atoms with Gasteiger partial charge in [0.05, 0.1) is 23.9 Å². The minimum atomic E-state index is -0.610. The molecule has 2 rings (SSSR count). The number of hydrogen-bond donors (Lipinski definition) is 2. The van der Waals surface area contributed by atoms with Crippen LogP contribution in [0, 0.1) is 12.8 Å². The maximum absolute atomic E-state index is 12.1. The molecule has 7 heteroatoms. The Labute approximate surface area is 145 Å². The van der Waals surface area contributed by atoms with Gasteiger partial charge < -0.3 is 15.0 Å². The summed E-state index contributed by atoms with van der Waals surface area (Å²) in [5, 5.41) is 3.43. The van der Waals surface area contributed by atoms with Crippen molar-refractivity contribution in [2.75, 3.05) is 12.9 Å². The Morgan fingerprint density at radius 1 is 1.38 bits per heavy atom. The largest absolute Gasteiger partial charge is 0.467 e. The van der Waals surface area contributed by atoms with Crippen molar-refractivity contribution in [3.63, 3.8) is 0 Å². The number of amides is 1. The van der Waals surface area contributed by atoms with Crippen molar-refractivity contribution >= 4 is 34.7 Å². The molecule has 1 aromatic heterocycles. The van der Waals surface area contributed by atoms with Gasteiger partial charge in [-0.1, -0.05) is 37.7 Å². The van der Waals surface area contributed by atoms with E-state index in [4.69, 9.17) is 4.74 Å². The number of hydrogen-bond acceptors (Lipinski definition) is 5. The monoisotopic (exact) mass is 349 g/mol. The number of nitrogens with zero attached hydrogens (tertiary/aromatic N) is 1. The molecule has 6 nitrogen and oxygen atoms in total. The lowest BCUT2D eigenvalue weighted by Gasteiger charge is -2.18. The first-order chi connectivity index (χ1) is 11.4. The number of aromatic nitrogens is 2. The second-order valence-electron chi connectivity index (χ2n) is 6.07. The third kappa shape index (κ3) is 4.74. The summed E-state index contributed by atoms with van der Waals surface area (Å²) in [6, 6.07) is 5.30. The SMILES string of the molecule is COC(=O)C(CC(C)C)NC(=O)CSc1nc2c(C)cccc2[nH]1. The number of methoxy groups -OCH3 is 1. The first-order valence-electron chi connectivity index (χ1n) is 7.86. The van der Waals surface area contributed by atoms with Crippen molar-refractivity contribution < 1.29 is 14.3 Å². The molecule has 0 aliphatic heterocycles. The van der Waals surface area contributed by atoms with E-state index >= 15 is 0 Å². The predicted molar refractivity (Wildman–Crippen MR) is 95.0 cm³/mol. The normalized spacial score (nSPS) is 12.4. The number of rotatable bonds is 7. The third-order valence-corrected chi connectivity index (χ3v) is 4.43. The number of ether oxygens (including phenoxy) is 1. The van der Waals surface area contributed by atoms with Crippen molar-refractivity contribution in [3.8, 4) is 0 Å². The molecule has 0 spiro atoms. The zero-order valence-corrected chi connectivity index (χ0v) is 15.2. The van der Waals surface area contributed by atoms with Crippen LogP contribution in [-0.4, -0.2) is 40.7 Å². The van der Waals surface area contributed by atoms with Gasteiger partial charge in [-0.25, -0.2) is 9.78 Å². The van der Waals surface area contributed by atoms with E-state index in [0.29, 0.717) is 11.6 Å². The van der Waals surface area contributed by atoms with Crippen molar-refractivity contribution in [1.29, 1.82) is 0 Å². The minimum absolute atomic E-state index is 0.185. The summed E-state index contributed by atoms with van der Waals surface area (Å²) in [5.41, 5.74) is 2.94. The molecule has 0 bridgehead atoms. The zero-order valence-electron chi connectivity index (χ0n) is 14.4. The van der Waals surface area contributed by atoms with Gasteiger partial charge in [-0.05, 0) is 30.9 Å². The second kappa shape index (κ2) is 8.19. The molecule has 0 fully saturated rings. The van der Waals surface area contributed by atoms with Gasteiger partial charge in [-0.15, -0.1) is 0 Å². The number of esters is 1. The van der Waals surface area contributed by atoms with E-state index in [-0.39, 0.29) is 17.6 Å². The van der Waals surface area contributed by atoms with Crippen molar-refractivity contribution in [1.82, 2.24) is 15.3 Å². The maximum Gasteiger partial charge on any atom is 0.328 e. The van der Waals surface area contributed by atoms with Crippen LogP contribution in [0.1, 0.15) is 25.8 Å². The predicted octanol–water partition coefficient (Wildman–Crippen LogP) is 2.67. The molecule has 1 unspecified atom stereocenters. The summed E-state index contributed by atoms with van der Waals surface area (Å²) in [7, 11) is 1.33. The van der Waals surface area contributed by atoms with E-state index in [1.165, 1.54) is 18.9 Å². The molecule has 0 aliphatic rings. The smallest absolute Gasteiger partial charge is 0.328 e. The van der Waals surface area contributed by atoms with E-state index in [2.05, 4.69) is 15.3 Å². The molecule has 1 aromatic carbocycles. The highest BCUT2D eigenvalue weighted by Gasteiger charge is 2.22. The fourth-order valence-corrected chi connectivity index (χ4v) is 3.11. The van der Waals surface area contributed by atoms with Crippen molar-refractivity contribution in [2.24, 2.45) is 5.92 Å². The van der Waals surface area contributed by atoms with Gasteiger partial charge in [0.25, 0.3) is 0 Å². The Kier molecular flexibility index (Phi) is 6.25. The topological polar surface area (TPSA) is 84.1 Å². The van der Waals surface area contributed by atoms with Gasteiger partial charge in [0.1, 0.15) is 6.04 Å². The first-order valence-corrected chi connectivity index (χ1v) is 8.84. The van der Waals surface area contributed by atoms with Crippen LogP contribution < -0.4 is 5.32 Å². The van der Waals surface area contributed by atoms with Gasteiger partial charge >= 0.3 is 5.97 Å². The fraction of sp³-hybridized carbons (Fsp3) is 0.471. The maximum atomic E-state index is 12.1. The minimum Gasteiger partial charge on any atom is -0.467 e. The van der Waals surface area contributed by atoms with Crippen molar-refractivity contribution in [3.05, 3.63) is 23.8 Å². The molecule has 2 aromatic rings. The molecule has 1 atom stereocenters. The molecule has 0 saturated heterocycles. The van der Waals surface area contributed by atoms with E-state index in [0.717, 1.165) is 16.6 Å². The molecule has 0 saturated carbocycles. The number of aromatic amines is 1. The molecule has 1 heterocycles. The molecule has 24 heavy (non-hydrogen) atoms. The average molecular weight is 349 g/mol. The average Bonchev–Trinajstić information content (AvgIpc) is 2.95. The summed E-state index contributed by atoms with van der Waals surface area (Å²) >= 11 is 1.31. The Bertz CT molecular complexity index is 727. The highest BCUT2D eigenvalue weighted by Crippen LogP contribution is 2.21. The number of aryl methyl sites for hydroxylation is 1. The number of H-pyrrole nitrogens is 1. The van der Waals surface area contributed by atoms with Crippen LogP contribution in [0.25, 0.3) is 11.0 Å². The van der Waals surface area contributed by atoms with E-state index in [1.807, 2.05) is 39.0 Å².